The highest BCUT2D eigenvalue weighted by molar-refractivity contribution is 6.17. The van der Waals surface area contributed by atoms with Crippen molar-refractivity contribution in [3.05, 3.63) is 114 Å². The molecule has 3 aliphatic heterocycles. The van der Waals surface area contributed by atoms with E-state index in [1.54, 1.807) is 0 Å². The third-order valence-corrected chi connectivity index (χ3v) is 6.51. The van der Waals surface area contributed by atoms with Gasteiger partial charge in [-0.05, 0) is 46.9 Å². The fraction of sp³-hybridized carbons (Fsp3) is 0.0714. The van der Waals surface area contributed by atoms with Gasteiger partial charge in [0.2, 0.25) is 0 Å². The van der Waals surface area contributed by atoms with Gasteiger partial charge in [0.15, 0.2) is 0 Å². The van der Waals surface area contributed by atoms with Crippen LogP contribution >= 0.6 is 0 Å². The van der Waals surface area contributed by atoms with Gasteiger partial charge in [-0.15, -0.1) is 0 Å². The Hall–Kier alpha value is -4.18. The van der Waals surface area contributed by atoms with Crippen LogP contribution in [0.25, 0.3) is 38.3 Å². The quantitative estimate of drug-likeness (QED) is 0.436. The molecule has 2 N–H and O–H groups in total. The van der Waals surface area contributed by atoms with Crippen LogP contribution in [-0.4, -0.2) is 17.6 Å². The topological polar surface area (TPSA) is 40.4 Å². The third kappa shape index (κ3) is 2.56. The monoisotopic (exact) mass is 415 g/mol. The molecule has 4 aromatic rings. The average molecular weight is 415 g/mol. The summed E-state index contributed by atoms with van der Waals surface area (Å²) in [6.45, 7) is 0.770. The molecule has 1 unspecified atom stereocenters. The number of benzene rings is 3. The molecule has 4 heterocycles. The molecule has 4 heteroatoms. The standard InChI is InChI=1S/C28H21N3O/c1-2-9-21-19(7-1)22(15-23-20-8-3-4-10-26(20)32-28(21)23)18-12-13-24(29-16-18)25-17-31-14-6-5-11-27(31)30-25/h1-15,17,27,29-30H,16H2. The van der Waals surface area contributed by atoms with Gasteiger partial charge in [0.05, 0.1) is 11.4 Å². The summed E-state index contributed by atoms with van der Waals surface area (Å²) in [5, 5.41) is 11.9. The van der Waals surface area contributed by atoms with Crippen LogP contribution in [0.5, 0.6) is 0 Å². The second-order valence-corrected chi connectivity index (χ2v) is 8.38. The molecule has 32 heavy (non-hydrogen) atoms. The van der Waals surface area contributed by atoms with Crippen LogP contribution in [-0.2, 0) is 0 Å². The van der Waals surface area contributed by atoms with Gasteiger partial charge in [-0.25, -0.2) is 0 Å². The molecule has 1 aromatic heterocycles. The largest absolute Gasteiger partial charge is 0.455 e. The summed E-state index contributed by atoms with van der Waals surface area (Å²) in [7, 11) is 0. The van der Waals surface area contributed by atoms with Crippen molar-refractivity contribution < 1.29 is 4.42 Å². The summed E-state index contributed by atoms with van der Waals surface area (Å²) >= 11 is 0. The van der Waals surface area contributed by atoms with Gasteiger partial charge in [-0.3, -0.25) is 0 Å². The van der Waals surface area contributed by atoms with E-state index in [4.69, 9.17) is 4.42 Å². The van der Waals surface area contributed by atoms with Crippen LogP contribution in [0.3, 0.4) is 0 Å². The molecule has 0 fully saturated rings. The van der Waals surface area contributed by atoms with E-state index in [-0.39, 0.29) is 6.17 Å². The van der Waals surface area contributed by atoms with Crippen LogP contribution in [0, 0.1) is 0 Å². The zero-order valence-corrected chi connectivity index (χ0v) is 17.4. The van der Waals surface area contributed by atoms with Crippen molar-refractivity contribution in [2.24, 2.45) is 0 Å². The van der Waals surface area contributed by atoms with E-state index < -0.39 is 0 Å². The number of dihydropyridines is 1. The van der Waals surface area contributed by atoms with E-state index in [2.05, 4.69) is 101 Å². The minimum absolute atomic E-state index is 0.198. The fourth-order valence-corrected chi connectivity index (χ4v) is 4.92. The van der Waals surface area contributed by atoms with Gasteiger partial charge >= 0.3 is 0 Å². The van der Waals surface area contributed by atoms with Gasteiger partial charge in [-0.1, -0.05) is 54.6 Å². The van der Waals surface area contributed by atoms with Crippen molar-refractivity contribution in [1.29, 1.82) is 0 Å². The maximum Gasteiger partial charge on any atom is 0.143 e. The zero-order valence-electron chi connectivity index (χ0n) is 17.4. The highest BCUT2D eigenvalue weighted by Gasteiger charge is 2.24. The molecular formula is C28H21N3O. The lowest BCUT2D eigenvalue weighted by atomic mass is 9.94. The van der Waals surface area contributed by atoms with E-state index >= 15 is 0 Å². The van der Waals surface area contributed by atoms with E-state index in [1.165, 1.54) is 21.9 Å². The van der Waals surface area contributed by atoms with Crippen molar-refractivity contribution in [2.45, 2.75) is 6.17 Å². The summed E-state index contributed by atoms with van der Waals surface area (Å²) in [6, 6.07) is 19.1. The number of para-hydroxylation sites is 1. The van der Waals surface area contributed by atoms with Gasteiger partial charge in [0, 0.05) is 35.1 Å². The van der Waals surface area contributed by atoms with Crippen LogP contribution < -0.4 is 10.6 Å². The second kappa shape index (κ2) is 6.66. The van der Waals surface area contributed by atoms with Gasteiger partial charge < -0.3 is 20.0 Å². The normalized spacial score (nSPS) is 19.6. The number of nitrogens with zero attached hydrogens (tertiary/aromatic N) is 1. The van der Waals surface area contributed by atoms with E-state index in [1.807, 2.05) is 12.1 Å². The molecular weight excluding hydrogens is 394 g/mol. The van der Waals surface area contributed by atoms with Crippen LogP contribution in [0.2, 0.25) is 0 Å². The number of furan rings is 1. The van der Waals surface area contributed by atoms with Crippen LogP contribution in [0.15, 0.2) is 113 Å². The highest BCUT2D eigenvalue weighted by atomic mass is 16.3. The molecule has 3 aromatic carbocycles. The van der Waals surface area contributed by atoms with Crippen molar-refractivity contribution in [3.8, 4) is 0 Å². The first kappa shape index (κ1) is 17.5. The smallest absolute Gasteiger partial charge is 0.143 e. The Bertz CT molecular complexity index is 1560. The SMILES string of the molecule is C1=CC2NC(C3=CC=C(c4cc5c6ccccc6oc5c5ccccc45)CN3)=CN2C=C1. The first-order valence-electron chi connectivity index (χ1n) is 10.9. The lowest BCUT2D eigenvalue weighted by Crippen LogP contribution is -2.33. The van der Waals surface area contributed by atoms with E-state index in [0.717, 1.165) is 39.9 Å². The predicted octanol–water partition coefficient (Wildman–Crippen LogP) is 5.77. The second-order valence-electron chi connectivity index (χ2n) is 8.38. The van der Waals surface area contributed by atoms with Gasteiger partial charge in [0.1, 0.15) is 17.3 Å². The molecule has 3 aliphatic rings. The molecule has 7 rings (SSSR count). The molecule has 0 bridgehead atoms. The van der Waals surface area contributed by atoms with Crippen molar-refractivity contribution in [3.63, 3.8) is 0 Å². The Morgan fingerprint density at radius 2 is 1.69 bits per heavy atom. The molecule has 0 amide bonds. The lowest BCUT2D eigenvalue weighted by molar-refractivity contribution is 0.424. The van der Waals surface area contributed by atoms with Crippen molar-refractivity contribution in [2.75, 3.05) is 6.54 Å². The first-order valence-corrected chi connectivity index (χ1v) is 10.9. The fourth-order valence-electron chi connectivity index (χ4n) is 4.92. The maximum absolute atomic E-state index is 6.26. The maximum atomic E-state index is 6.26. The summed E-state index contributed by atoms with van der Waals surface area (Å²) in [5.41, 5.74) is 6.64. The van der Waals surface area contributed by atoms with Gasteiger partial charge in [-0.2, -0.15) is 0 Å². The highest BCUT2D eigenvalue weighted by Crippen LogP contribution is 2.38. The predicted molar refractivity (Wildman–Crippen MR) is 130 cm³/mol. The zero-order chi connectivity index (χ0) is 21.1. The van der Waals surface area contributed by atoms with Crippen LogP contribution in [0.1, 0.15) is 5.56 Å². The average Bonchev–Trinajstić information content (AvgIpc) is 3.45. The number of rotatable bonds is 2. The number of nitrogens with one attached hydrogen (secondary N) is 2. The number of fused-ring (bicyclic) bond motifs is 6. The summed E-state index contributed by atoms with van der Waals surface area (Å²) in [4.78, 5) is 2.18. The van der Waals surface area contributed by atoms with Crippen LogP contribution in [0.4, 0.5) is 0 Å². The molecule has 0 spiro atoms. The molecule has 1 atom stereocenters. The Morgan fingerprint density at radius 3 is 2.53 bits per heavy atom. The molecule has 0 saturated heterocycles. The minimum atomic E-state index is 0.198. The number of hydrogen-bond donors (Lipinski definition) is 2. The van der Waals surface area contributed by atoms with E-state index in [0.29, 0.717) is 0 Å². The summed E-state index contributed by atoms with van der Waals surface area (Å²) < 4.78 is 6.26. The van der Waals surface area contributed by atoms with Crippen molar-refractivity contribution >= 4 is 38.3 Å². The minimum Gasteiger partial charge on any atom is -0.455 e. The Kier molecular flexibility index (Phi) is 3.64. The third-order valence-electron chi connectivity index (χ3n) is 6.51. The molecule has 4 nitrogen and oxygen atoms in total. The van der Waals surface area contributed by atoms with Crippen molar-refractivity contribution in [1.82, 2.24) is 15.5 Å². The molecule has 0 aliphatic carbocycles. The summed E-state index contributed by atoms with van der Waals surface area (Å²) in [6.07, 6.45) is 15.1. The summed E-state index contributed by atoms with van der Waals surface area (Å²) in [5.74, 6) is 0. The Morgan fingerprint density at radius 1 is 0.844 bits per heavy atom. The first-order chi connectivity index (χ1) is 15.8. The number of hydrogen-bond acceptors (Lipinski definition) is 4. The molecule has 0 saturated carbocycles. The Labute approximate surface area is 185 Å². The Balaban J connectivity index is 1.35. The lowest BCUT2D eigenvalue weighted by Gasteiger charge is -2.22. The van der Waals surface area contributed by atoms with Gasteiger partial charge in [0.25, 0.3) is 0 Å². The number of allylic oxidation sites excluding steroid dienone is 4. The molecule has 0 radical (unpaired) electrons. The molecule has 154 valence electrons. The van der Waals surface area contributed by atoms with E-state index in [9.17, 15) is 0 Å².